The van der Waals surface area contributed by atoms with Gasteiger partial charge in [-0.25, -0.2) is 0 Å². The molecule has 4 heteroatoms. The summed E-state index contributed by atoms with van der Waals surface area (Å²) >= 11 is 0. The Morgan fingerprint density at radius 2 is 2.33 bits per heavy atom. The van der Waals surface area contributed by atoms with Crippen LogP contribution in [0.5, 0.6) is 0 Å². The van der Waals surface area contributed by atoms with Gasteiger partial charge in [0.25, 0.3) is 0 Å². The summed E-state index contributed by atoms with van der Waals surface area (Å²) in [6.45, 7) is 6.20. The first-order valence-electron chi connectivity index (χ1n) is 4.65. The Hall–Kier alpha value is -0.580. The van der Waals surface area contributed by atoms with Crippen molar-refractivity contribution < 1.29 is 4.90 Å². The molecule has 0 bridgehead atoms. The van der Waals surface area contributed by atoms with Crippen molar-refractivity contribution in [2.45, 2.75) is 24.8 Å². The zero-order valence-electron chi connectivity index (χ0n) is 7.06. The van der Waals surface area contributed by atoms with E-state index in [0.717, 1.165) is 13.1 Å². The Balaban J connectivity index is 1.84. The van der Waals surface area contributed by atoms with Crippen LogP contribution in [-0.2, 0) is 0 Å². The largest absolute Gasteiger partial charge is 0.297 e. The van der Waals surface area contributed by atoms with Gasteiger partial charge in [0.15, 0.2) is 12.0 Å². The second-order valence-corrected chi connectivity index (χ2v) is 3.87. The minimum absolute atomic E-state index is 0.523. The number of fused-ring (bicyclic) bond motifs is 3. The molecule has 4 N–H and O–H groups in total. The van der Waals surface area contributed by atoms with Crippen LogP contribution in [0.25, 0.3) is 0 Å². The maximum Gasteiger partial charge on any atom is 0.198 e. The summed E-state index contributed by atoms with van der Waals surface area (Å²) in [4.78, 5) is 1.57. The Morgan fingerprint density at radius 1 is 1.42 bits per heavy atom. The van der Waals surface area contributed by atoms with Gasteiger partial charge >= 0.3 is 0 Å². The molecule has 3 fully saturated rings. The molecule has 4 nitrogen and oxygen atoms in total. The molecule has 66 valence electrons. The van der Waals surface area contributed by atoms with Crippen molar-refractivity contribution >= 4 is 0 Å². The van der Waals surface area contributed by atoms with Gasteiger partial charge in [0.1, 0.15) is 12.2 Å². The highest BCUT2D eigenvalue weighted by Gasteiger charge is 2.50. The van der Waals surface area contributed by atoms with Crippen molar-refractivity contribution in [2.75, 3.05) is 13.1 Å². The van der Waals surface area contributed by atoms with Crippen molar-refractivity contribution in [1.29, 1.82) is 0 Å². The van der Waals surface area contributed by atoms with Crippen LogP contribution in [0, 0.1) is 0 Å². The van der Waals surface area contributed by atoms with E-state index in [9.17, 15) is 0 Å². The van der Waals surface area contributed by atoms with Crippen LogP contribution in [-0.4, -0.2) is 31.5 Å². The summed E-state index contributed by atoms with van der Waals surface area (Å²) in [6, 6.07) is 0.706. The lowest BCUT2D eigenvalue weighted by Crippen LogP contribution is -3.30. The third kappa shape index (κ3) is 0.722. The summed E-state index contributed by atoms with van der Waals surface area (Å²) in [7, 11) is 0. The molecule has 0 radical (unpaired) electrons. The summed E-state index contributed by atoms with van der Waals surface area (Å²) in [6.07, 6.45) is 2.37. The minimum atomic E-state index is 0.523. The molecule has 3 rings (SSSR count). The molecule has 3 saturated heterocycles. The van der Waals surface area contributed by atoms with Crippen LogP contribution in [0.4, 0.5) is 0 Å². The van der Waals surface area contributed by atoms with Gasteiger partial charge in [-0.15, -0.1) is 0 Å². The number of hydrogen-bond acceptors (Lipinski definition) is 3. The number of quaternary nitrogens is 1. The highest BCUT2D eigenvalue weighted by atomic mass is 15.5. The lowest BCUT2D eigenvalue weighted by Gasteiger charge is -2.48. The molecule has 4 atom stereocenters. The molecule has 0 aromatic carbocycles. The molecule has 0 aromatic heterocycles. The van der Waals surface area contributed by atoms with Gasteiger partial charge in [-0.05, 0) is 6.58 Å². The van der Waals surface area contributed by atoms with Gasteiger partial charge in [-0.3, -0.25) is 20.9 Å². The van der Waals surface area contributed by atoms with Gasteiger partial charge in [0, 0.05) is 13.0 Å². The zero-order chi connectivity index (χ0) is 8.13. The molecule has 0 aliphatic carbocycles. The van der Waals surface area contributed by atoms with Crippen molar-refractivity contribution in [3.8, 4) is 0 Å². The standard InChI is InChI=1S/C8H14N4/c1-5-11-7-4-10-8-6(12(5)7)2-3-9-8/h6-11H,1-4H2/p+1. The smallest absolute Gasteiger partial charge is 0.198 e. The van der Waals surface area contributed by atoms with E-state index in [-0.39, 0.29) is 0 Å². The molecule has 4 unspecified atom stereocenters. The van der Waals surface area contributed by atoms with E-state index in [2.05, 4.69) is 22.5 Å². The third-order valence-electron chi connectivity index (χ3n) is 3.24. The predicted molar refractivity (Wildman–Crippen MR) is 45.2 cm³/mol. The molecule has 0 aromatic rings. The van der Waals surface area contributed by atoms with E-state index >= 15 is 0 Å². The highest BCUT2D eigenvalue weighted by Crippen LogP contribution is 2.09. The van der Waals surface area contributed by atoms with E-state index in [0.29, 0.717) is 18.4 Å². The summed E-state index contributed by atoms with van der Waals surface area (Å²) in [5.41, 5.74) is 0. The van der Waals surface area contributed by atoms with Crippen LogP contribution in [0.1, 0.15) is 6.42 Å². The molecule has 0 amide bonds. The number of nitrogens with one attached hydrogen (secondary N) is 4. The fraction of sp³-hybridized carbons (Fsp3) is 0.750. The topological polar surface area (TPSA) is 40.5 Å². The van der Waals surface area contributed by atoms with Crippen LogP contribution in [0.15, 0.2) is 12.4 Å². The van der Waals surface area contributed by atoms with E-state index in [4.69, 9.17) is 0 Å². The maximum atomic E-state index is 4.00. The molecule has 0 spiro atoms. The predicted octanol–water partition coefficient (Wildman–Crippen LogP) is -2.44. The maximum absolute atomic E-state index is 4.00. The fourth-order valence-corrected chi connectivity index (χ4v) is 2.64. The van der Waals surface area contributed by atoms with Crippen LogP contribution < -0.4 is 20.9 Å². The van der Waals surface area contributed by atoms with Gasteiger partial charge in [-0.1, -0.05) is 0 Å². The zero-order valence-corrected chi connectivity index (χ0v) is 7.06. The molecular weight excluding hydrogens is 152 g/mol. The molecule has 3 heterocycles. The van der Waals surface area contributed by atoms with Crippen LogP contribution in [0.3, 0.4) is 0 Å². The number of hydrogen-bond donors (Lipinski definition) is 4. The monoisotopic (exact) mass is 167 g/mol. The second-order valence-electron chi connectivity index (χ2n) is 3.87. The summed E-state index contributed by atoms with van der Waals surface area (Å²) in [5.74, 6) is 1.18. The lowest BCUT2D eigenvalue weighted by molar-refractivity contribution is -0.961. The number of piperazine rings is 1. The molecule has 0 saturated carbocycles. The normalized spacial score (nSPS) is 50.5. The van der Waals surface area contributed by atoms with E-state index in [1.165, 1.54) is 12.2 Å². The van der Waals surface area contributed by atoms with Gasteiger partial charge in [0.2, 0.25) is 0 Å². The molecular formula is C8H15N4+. The van der Waals surface area contributed by atoms with Crippen molar-refractivity contribution in [3.63, 3.8) is 0 Å². The average molecular weight is 167 g/mol. The first-order chi connectivity index (χ1) is 5.86. The van der Waals surface area contributed by atoms with E-state index < -0.39 is 0 Å². The Morgan fingerprint density at radius 3 is 3.17 bits per heavy atom. The Kier molecular flexibility index (Phi) is 1.27. The van der Waals surface area contributed by atoms with Crippen molar-refractivity contribution in [2.24, 2.45) is 0 Å². The van der Waals surface area contributed by atoms with Crippen LogP contribution >= 0.6 is 0 Å². The van der Waals surface area contributed by atoms with Gasteiger partial charge < -0.3 is 0 Å². The lowest BCUT2D eigenvalue weighted by atomic mass is 10.1. The Bertz CT molecular complexity index is 227. The SMILES string of the molecule is C=C1NC2CNC3NCCC3[NH+]12. The van der Waals surface area contributed by atoms with E-state index in [1.807, 2.05) is 0 Å². The number of rotatable bonds is 0. The first-order valence-corrected chi connectivity index (χ1v) is 4.65. The van der Waals surface area contributed by atoms with Crippen molar-refractivity contribution in [3.05, 3.63) is 12.4 Å². The molecule has 3 aliphatic rings. The third-order valence-corrected chi connectivity index (χ3v) is 3.24. The van der Waals surface area contributed by atoms with Crippen molar-refractivity contribution in [1.82, 2.24) is 16.0 Å². The van der Waals surface area contributed by atoms with Crippen LogP contribution in [0.2, 0.25) is 0 Å². The van der Waals surface area contributed by atoms with E-state index in [1.54, 1.807) is 4.90 Å². The Labute approximate surface area is 72.0 Å². The fourth-order valence-electron chi connectivity index (χ4n) is 2.64. The summed E-state index contributed by atoms with van der Waals surface area (Å²) < 4.78 is 0. The average Bonchev–Trinajstić information content (AvgIpc) is 2.47. The van der Waals surface area contributed by atoms with Gasteiger partial charge in [0.05, 0.1) is 6.54 Å². The summed E-state index contributed by atoms with van der Waals surface area (Å²) in [5, 5.41) is 10.3. The quantitative estimate of drug-likeness (QED) is 0.324. The van der Waals surface area contributed by atoms with Gasteiger partial charge in [-0.2, -0.15) is 0 Å². The molecule has 12 heavy (non-hydrogen) atoms. The second kappa shape index (κ2) is 2.22. The minimum Gasteiger partial charge on any atom is -0.297 e. The molecule has 3 aliphatic heterocycles. The highest BCUT2D eigenvalue weighted by molar-refractivity contribution is 4.98. The first kappa shape index (κ1) is 6.88.